The molecule has 28 heavy (non-hydrogen) atoms. The summed E-state index contributed by atoms with van der Waals surface area (Å²) in [5.41, 5.74) is 3.42. The number of furan rings is 1. The summed E-state index contributed by atoms with van der Waals surface area (Å²) in [6.07, 6.45) is 1.38. The van der Waals surface area contributed by atoms with Crippen molar-refractivity contribution in [3.8, 4) is 22.8 Å². The number of amides is 1. The molecule has 0 radical (unpaired) electrons. The van der Waals surface area contributed by atoms with E-state index in [1.807, 2.05) is 0 Å². The number of methoxy groups -OCH3 is 2. The molecule has 0 aliphatic carbocycles. The monoisotopic (exact) mass is 418 g/mol. The number of hydrazone groups is 1. The van der Waals surface area contributed by atoms with Crippen LogP contribution in [0, 0.1) is 0 Å². The van der Waals surface area contributed by atoms with Crippen molar-refractivity contribution in [1.29, 1.82) is 0 Å². The summed E-state index contributed by atoms with van der Waals surface area (Å²) in [5, 5.41) is 4.98. The van der Waals surface area contributed by atoms with Gasteiger partial charge < -0.3 is 13.9 Å². The van der Waals surface area contributed by atoms with Crippen LogP contribution in [-0.4, -0.2) is 26.3 Å². The Morgan fingerprint density at radius 1 is 1.07 bits per heavy atom. The lowest BCUT2D eigenvalue weighted by atomic mass is 10.2. The Labute approximate surface area is 171 Å². The number of nitrogens with zero attached hydrogens (tertiary/aromatic N) is 1. The van der Waals surface area contributed by atoms with Gasteiger partial charge in [-0.2, -0.15) is 5.10 Å². The normalized spacial score (nSPS) is 10.9. The van der Waals surface area contributed by atoms with Crippen molar-refractivity contribution in [1.82, 2.24) is 5.43 Å². The molecule has 0 unspecified atom stereocenters. The van der Waals surface area contributed by atoms with Gasteiger partial charge in [0.05, 0.1) is 31.0 Å². The number of rotatable bonds is 6. The molecule has 3 aromatic rings. The third-order valence-corrected chi connectivity index (χ3v) is 4.40. The highest BCUT2D eigenvalue weighted by Crippen LogP contribution is 2.31. The molecule has 0 saturated carbocycles. The number of halogens is 2. The molecule has 0 bridgehead atoms. The lowest BCUT2D eigenvalue weighted by Gasteiger charge is -2.08. The fourth-order valence-electron chi connectivity index (χ4n) is 2.45. The third kappa shape index (κ3) is 4.47. The highest BCUT2D eigenvalue weighted by molar-refractivity contribution is 6.35. The van der Waals surface area contributed by atoms with E-state index in [1.54, 1.807) is 48.5 Å². The van der Waals surface area contributed by atoms with Crippen LogP contribution in [-0.2, 0) is 0 Å². The highest BCUT2D eigenvalue weighted by atomic mass is 35.5. The molecule has 8 heteroatoms. The van der Waals surface area contributed by atoms with E-state index in [0.717, 1.165) is 0 Å². The van der Waals surface area contributed by atoms with Crippen molar-refractivity contribution in [2.75, 3.05) is 14.2 Å². The minimum Gasteiger partial charge on any atom is -0.497 e. The Kier molecular flexibility index (Phi) is 6.23. The van der Waals surface area contributed by atoms with Crippen LogP contribution in [0.15, 0.2) is 58.0 Å². The van der Waals surface area contributed by atoms with E-state index >= 15 is 0 Å². The molecule has 0 spiro atoms. The van der Waals surface area contributed by atoms with Gasteiger partial charge in [0.1, 0.15) is 23.0 Å². The second-order valence-corrected chi connectivity index (χ2v) is 6.44. The fourth-order valence-corrected chi connectivity index (χ4v) is 2.84. The number of carbonyl (C=O) groups is 1. The van der Waals surface area contributed by atoms with Gasteiger partial charge in [0.25, 0.3) is 5.91 Å². The first-order chi connectivity index (χ1) is 13.5. The van der Waals surface area contributed by atoms with E-state index in [9.17, 15) is 4.79 Å². The quantitative estimate of drug-likeness (QED) is 0.449. The molecule has 3 rings (SSSR count). The van der Waals surface area contributed by atoms with Gasteiger partial charge in [-0.05, 0) is 42.5 Å². The van der Waals surface area contributed by atoms with Crippen molar-refractivity contribution in [2.24, 2.45) is 5.10 Å². The summed E-state index contributed by atoms with van der Waals surface area (Å²) in [4.78, 5) is 12.3. The zero-order chi connectivity index (χ0) is 20.1. The van der Waals surface area contributed by atoms with Crippen LogP contribution in [0.4, 0.5) is 0 Å². The zero-order valence-corrected chi connectivity index (χ0v) is 16.5. The van der Waals surface area contributed by atoms with E-state index in [2.05, 4.69) is 10.5 Å². The lowest BCUT2D eigenvalue weighted by molar-refractivity contribution is 0.0952. The van der Waals surface area contributed by atoms with E-state index in [0.29, 0.717) is 44.2 Å². The first kappa shape index (κ1) is 19.8. The number of benzene rings is 2. The van der Waals surface area contributed by atoms with Gasteiger partial charge in [-0.25, -0.2) is 5.43 Å². The Morgan fingerprint density at radius 3 is 2.64 bits per heavy atom. The number of hydrogen-bond acceptors (Lipinski definition) is 5. The zero-order valence-electron chi connectivity index (χ0n) is 15.0. The molecule has 0 aliphatic rings. The molecular formula is C20H16Cl2N2O4. The topological polar surface area (TPSA) is 73.1 Å². The molecule has 2 aromatic carbocycles. The molecular weight excluding hydrogens is 403 g/mol. The second kappa shape index (κ2) is 8.82. The third-order valence-electron chi connectivity index (χ3n) is 3.83. The molecule has 1 aromatic heterocycles. The van der Waals surface area contributed by atoms with E-state index < -0.39 is 5.91 Å². The van der Waals surface area contributed by atoms with Gasteiger partial charge in [0.2, 0.25) is 0 Å². The predicted octanol–water partition coefficient (Wildman–Crippen LogP) is 5.03. The fraction of sp³-hybridized carbons (Fsp3) is 0.100. The minimum atomic E-state index is -0.430. The van der Waals surface area contributed by atoms with Gasteiger partial charge in [-0.15, -0.1) is 0 Å². The predicted molar refractivity (Wildman–Crippen MR) is 109 cm³/mol. The van der Waals surface area contributed by atoms with Crippen molar-refractivity contribution < 1.29 is 18.7 Å². The van der Waals surface area contributed by atoms with Crippen LogP contribution in [0.3, 0.4) is 0 Å². The summed E-state index contributed by atoms with van der Waals surface area (Å²) < 4.78 is 16.0. The number of ether oxygens (including phenoxy) is 2. The SMILES string of the molecule is COc1ccc(C(=O)NN=Cc2ccc(-c3cc(Cl)ccc3Cl)o2)c(OC)c1. The van der Waals surface area contributed by atoms with Gasteiger partial charge in [-0.3, -0.25) is 4.79 Å². The Hall–Kier alpha value is -2.96. The highest BCUT2D eigenvalue weighted by Gasteiger charge is 2.13. The Balaban J connectivity index is 1.71. The van der Waals surface area contributed by atoms with Gasteiger partial charge in [-0.1, -0.05) is 23.2 Å². The van der Waals surface area contributed by atoms with Gasteiger partial charge >= 0.3 is 0 Å². The van der Waals surface area contributed by atoms with E-state index in [1.165, 1.54) is 20.4 Å². The second-order valence-electron chi connectivity index (χ2n) is 5.59. The van der Waals surface area contributed by atoms with Crippen LogP contribution >= 0.6 is 23.2 Å². The molecule has 1 amide bonds. The smallest absolute Gasteiger partial charge is 0.275 e. The summed E-state index contributed by atoms with van der Waals surface area (Å²) in [5.74, 6) is 1.51. The average molecular weight is 419 g/mol. The molecule has 6 nitrogen and oxygen atoms in total. The molecule has 0 atom stereocenters. The molecule has 1 N–H and O–H groups in total. The van der Waals surface area contributed by atoms with E-state index in [4.69, 9.17) is 37.1 Å². The number of carbonyl (C=O) groups excluding carboxylic acids is 1. The maximum atomic E-state index is 12.3. The summed E-state index contributed by atoms with van der Waals surface area (Å²) in [6, 6.07) is 13.4. The minimum absolute atomic E-state index is 0.325. The van der Waals surface area contributed by atoms with Crippen LogP contribution in [0.5, 0.6) is 11.5 Å². The molecule has 1 heterocycles. The van der Waals surface area contributed by atoms with Crippen molar-refractivity contribution in [3.05, 3.63) is 69.9 Å². The summed E-state index contributed by atoms with van der Waals surface area (Å²) in [7, 11) is 3.01. The molecule has 144 valence electrons. The molecule has 0 aliphatic heterocycles. The van der Waals surface area contributed by atoms with Gasteiger partial charge in [0, 0.05) is 16.7 Å². The van der Waals surface area contributed by atoms with Crippen LogP contribution in [0.1, 0.15) is 16.1 Å². The Bertz CT molecular complexity index is 1030. The van der Waals surface area contributed by atoms with Crippen LogP contribution in [0.2, 0.25) is 10.0 Å². The lowest BCUT2D eigenvalue weighted by Crippen LogP contribution is -2.18. The summed E-state index contributed by atoms with van der Waals surface area (Å²) >= 11 is 12.2. The molecule has 0 saturated heterocycles. The number of hydrogen-bond donors (Lipinski definition) is 1. The van der Waals surface area contributed by atoms with Crippen molar-refractivity contribution >= 4 is 35.3 Å². The maximum Gasteiger partial charge on any atom is 0.275 e. The average Bonchev–Trinajstić information content (AvgIpc) is 3.17. The van der Waals surface area contributed by atoms with Crippen LogP contribution in [0.25, 0.3) is 11.3 Å². The number of nitrogens with one attached hydrogen (secondary N) is 1. The Morgan fingerprint density at radius 2 is 1.89 bits per heavy atom. The first-order valence-corrected chi connectivity index (χ1v) is 8.88. The largest absolute Gasteiger partial charge is 0.497 e. The molecule has 0 fully saturated rings. The van der Waals surface area contributed by atoms with E-state index in [-0.39, 0.29) is 0 Å². The van der Waals surface area contributed by atoms with Crippen molar-refractivity contribution in [2.45, 2.75) is 0 Å². The standard InChI is InChI=1S/C20H16Cl2N2O4/c1-26-13-4-6-15(19(10-13)27-2)20(25)24-23-11-14-5-8-18(28-14)16-9-12(21)3-7-17(16)22/h3-11H,1-2H3,(H,24,25). The van der Waals surface area contributed by atoms with Crippen LogP contribution < -0.4 is 14.9 Å². The van der Waals surface area contributed by atoms with Gasteiger partial charge in [0.15, 0.2) is 0 Å². The summed E-state index contributed by atoms with van der Waals surface area (Å²) in [6.45, 7) is 0. The first-order valence-electron chi connectivity index (χ1n) is 8.12. The maximum absolute atomic E-state index is 12.3. The van der Waals surface area contributed by atoms with Crippen molar-refractivity contribution in [3.63, 3.8) is 0 Å².